The predicted octanol–water partition coefficient (Wildman–Crippen LogP) is 4.82. The Hall–Kier alpha value is -1.52. The van der Waals surface area contributed by atoms with Crippen molar-refractivity contribution in [3.8, 4) is 11.5 Å². The molecule has 3 rings (SSSR count). The molecule has 3 nitrogen and oxygen atoms in total. The van der Waals surface area contributed by atoms with Crippen LogP contribution >= 0.6 is 27.5 Å². The fourth-order valence-electron chi connectivity index (χ4n) is 2.46. The summed E-state index contributed by atoms with van der Waals surface area (Å²) in [5, 5.41) is 0.535. The zero-order valence-electron chi connectivity index (χ0n) is 11.2. The van der Waals surface area contributed by atoms with Gasteiger partial charge in [-0.1, -0.05) is 33.6 Å². The molecule has 0 fully saturated rings. The molecule has 0 saturated carbocycles. The van der Waals surface area contributed by atoms with Gasteiger partial charge in [-0.25, -0.2) is 0 Å². The van der Waals surface area contributed by atoms with Crippen LogP contribution in [0, 0.1) is 0 Å². The summed E-state index contributed by atoms with van der Waals surface area (Å²) in [6.07, 6.45) is -0.196. The lowest BCUT2D eigenvalue weighted by Gasteiger charge is -2.27. The Bertz CT molecular complexity index is 715. The van der Waals surface area contributed by atoms with Gasteiger partial charge in [0.05, 0.1) is 29.7 Å². The maximum atomic E-state index is 12.3. The van der Waals surface area contributed by atoms with E-state index in [-0.39, 0.29) is 12.2 Å². The fraction of sp³-hybridized carbons (Fsp3) is 0.188. The van der Waals surface area contributed by atoms with E-state index in [1.54, 1.807) is 31.4 Å². The van der Waals surface area contributed by atoms with E-state index < -0.39 is 6.10 Å². The summed E-state index contributed by atoms with van der Waals surface area (Å²) >= 11 is 9.63. The number of halogens is 2. The minimum absolute atomic E-state index is 0.0320. The second-order valence-electron chi connectivity index (χ2n) is 4.73. The number of hydrogen-bond donors (Lipinski definition) is 0. The number of hydrogen-bond acceptors (Lipinski definition) is 3. The van der Waals surface area contributed by atoms with Crippen molar-refractivity contribution < 1.29 is 14.3 Å². The third kappa shape index (κ3) is 2.65. The van der Waals surface area contributed by atoms with Crippen LogP contribution in [0.15, 0.2) is 40.9 Å². The molecule has 21 heavy (non-hydrogen) atoms. The molecule has 0 radical (unpaired) electrons. The summed E-state index contributed by atoms with van der Waals surface area (Å²) in [6, 6.07) is 10.8. The number of ketones is 1. The third-order valence-corrected chi connectivity index (χ3v) is 4.26. The van der Waals surface area contributed by atoms with Crippen molar-refractivity contribution in [1.82, 2.24) is 0 Å². The van der Waals surface area contributed by atoms with Crippen molar-refractivity contribution in [2.45, 2.75) is 12.5 Å². The number of carbonyl (C=O) groups excluding carboxylic acids is 1. The molecule has 1 unspecified atom stereocenters. The number of benzene rings is 2. The average Bonchev–Trinajstić information content (AvgIpc) is 2.47. The zero-order valence-corrected chi connectivity index (χ0v) is 13.6. The van der Waals surface area contributed by atoms with Crippen LogP contribution < -0.4 is 9.47 Å². The van der Waals surface area contributed by atoms with Crippen LogP contribution in [-0.2, 0) is 0 Å². The minimum Gasteiger partial charge on any atom is -0.496 e. The Morgan fingerprint density at radius 3 is 2.90 bits per heavy atom. The normalized spacial score (nSPS) is 17.1. The Morgan fingerprint density at radius 1 is 1.33 bits per heavy atom. The quantitative estimate of drug-likeness (QED) is 0.763. The maximum absolute atomic E-state index is 12.3. The topological polar surface area (TPSA) is 35.5 Å². The van der Waals surface area contributed by atoms with E-state index in [0.717, 1.165) is 4.47 Å². The lowest BCUT2D eigenvalue weighted by molar-refractivity contribution is 0.0847. The molecule has 1 heterocycles. The number of rotatable bonds is 2. The Kier molecular flexibility index (Phi) is 3.91. The summed E-state index contributed by atoms with van der Waals surface area (Å²) in [7, 11) is 1.57. The van der Waals surface area contributed by atoms with Crippen molar-refractivity contribution in [3.63, 3.8) is 0 Å². The van der Waals surface area contributed by atoms with Crippen LogP contribution in [0.2, 0.25) is 5.02 Å². The SMILES string of the molecule is COc1cccc(Cl)c1C1CC(=O)c2cc(Br)ccc2O1. The number of methoxy groups -OCH3 is 1. The molecule has 1 aliphatic rings. The van der Waals surface area contributed by atoms with Crippen molar-refractivity contribution in [2.24, 2.45) is 0 Å². The molecule has 0 bridgehead atoms. The number of carbonyl (C=O) groups is 1. The van der Waals surface area contributed by atoms with Crippen LogP contribution in [0.1, 0.15) is 28.4 Å². The Morgan fingerprint density at radius 2 is 2.14 bits per heavy atom. The van der Waals surface area contributed by atoms with Gasteiger partial charge in [0.1, 0.15) is 17.6 Å². The molecule has 2 aromatic carbocycles. The molecule has 108 valence electrons. The van der Waals surface area contributed by atoms with Crippen molar-refractivity contribution in [1.29, 1.82) is 0 Å². The van der Waals surface area contributed by atoms with Crippen LogP contribution in [0.25, 0.3) is 0 Å². The molecule has 0 spiro atoms. The van der Waals surface area contributed by atoms with E-state index in [1.165, 1.54) is 0 Å². The molecule has 0 aromatic heterocycles. The van der Waals surface area contributed by atoms with Gasteiger partial charge in [-0.05, 0) is 30.3 Å². The van der Waals surface area contributed by atoms with Gasteiger partial charge in [0.2, 0.25) is 0 Å². The van der Waals surface area contributed by atoms with Crippen molar-refractivity contribution in [3.05, 3.63) is 57.0 Å². The summed E-state index contributed by atoms with van der Waals surface area (Å²) in [5.41, 5.74) is 1.30. The zero-order chi connectivity index (χ0) is 15.0. The highest BCUT2D eigenvalue weighted by Gasteiger charge is 2.31. The van der Waals surface area contributed by atoms with Crippen LogP contribution in [-0.4, -0.2) is 12.9 Å². The minimum atomic E-state index is -0.435. The maximum Gasteiger partial charge on any atom is 0.170 e. The number of Topliss-reactive ketones (excluding diaryl/α,β-unsaturated/α-hetero) is 1. The van der Waals surface area contributed by atoms with Gasteiger partial charge in [-0.2, -0.15) is 0 Å². The highest BCUT2D eigenvalue weighted by molar-refractivity contribution is 9.10. The molecule has 5 heteroatoms. The standard InChI is InChI=1S/C16H12BrClO3/c1-20-14-4-2-3-11(18)16(14)15-8-12(19)10-7-9(17)5-6-13(10)21-15/h2-7,15H,8H2,1H3. The second kappa shape index (κ2) is 5.70. The van der Waals surface area contributed by atoms with E-state index in [2.05, 4.69) is 15.9 Å². The van der Waals surface area contributed by atoms with Crippen LogP contribution in [0.4, 0.5) is 0 Å². The Balaban J connectivity index is 2.04. The molecule has 0 amide bonds. The number of fused-ring (bicyclic) bond motifs is 1. The van der Waals surface area contributed by atoms with Gasteiger partial charge in [0.15, 0.2) is 5.78 Å². The largest absolute Gasteiger partial charge is 0.496 e. The first-order valence-corrected chi connectivity index (χ1v) is 7.59. The first kappa shape index (κ1) is 14.4. The van der Waals surface area contributed by atoms with E-state index in [1.807, 2.05) is 12.1 Å². The van der Waals surface area contributed by atoms with Crippen LogP contribution in [0.5, 0.6) is 11.5 Å². The molecule has 1 atom stereocenters. The van der Waals surface area contributed by atoms with Crippen LogP contribution in [0.3, 0.4) is 0 Å². The lowest BCUT2D eigenvalue weighted by Crippen LogP contribution is -2.21. The van der Waals surface area contributed by atoms with Gasteiger partial charge >= 0.3 is 0 Å². The third-order valence-electron chi connectivity index (χ3n) is 3.44. The van der Waals surface area contributed by atoms with Crippen molar-refractivity contribution >= 4 is 33.3 Å². The van der Waals surface area contributed by atoms with E-state index in [0.29, 0.717) is 27.6 Å². The molecular weight excluding hydrogens is 356 g/mol. The highest BCUT2D eigenvalue weighted by Crippen LogP contribution is 2.41. The second-order valence-corrected chi connectivity index (χ2v) is 6.05. The first-order chi connectivity index (χ1) is 10.1. The van der Waals surface area contributed by atoms with Gasteiger partial charge < -0.3 is 9.47 Å². The summed E-state index contributed by atoms with van der Waals surface area (Å²) in [6.45, 7) is 0. The van der Waals surface area contributed by atoms with E-state index in [9.17, 15) is 4.79 Å². The summed E-state index contributed by atoms with van der Waals surface area (Å²) in [4.78, 5) is 12.3. The van der Waals surface area contributed by atoms with Gasteiger partial charge in [0, 0.05) is 4.47 Å². The Labute approximate surface area is 136 Å². The molecule has 0 saturated heterocycles. The smallest absolute Gasteiger partial charge is 0.170 e. The molecule has 0 aliphatic carbocycles. The van der Waals surface area contributed by atoms with Gasteiger partial charge in [-0.15, -0.1) is 0 Å². The predicted molar refractivity (Wildman–Crippen MR) is 84.5 cm³/mol. The van der Waals surface area contributed by atoms with E-state index >= 15 is 0 Å². The fourth-order valence-corrected chi connectivity index (χ4v) is 3.11. The molecule has 2 aromatic rings. The molecule has 1 aliphatic heterocycles. The van der Waals surface area contributed by atoms with Crippen molar-refractivity contribution in [2.75, 3.05) is 7.11 Å². The molecule has 0 N–H and O–H groups in total. The lowest BCUT2D eigenvalue weighted by atomic mass is 9.96. The number of ether oxygens (including phenoxy) is 2. The van der Waals surface area contributed by atoms with Gasteiger partial charge in [0.25, 0.3) is 0 Å². The monoisotopic (exact) mass is 366 g/mol. The average molecular weight is 368 g/mol. The summed E-state index contributed by atoms with van der Waals surface area (Å²) < 4.78 is 12.2. The first-order valence-electron chi connectivity index (χ1n) is 6.42. The van der Waals surface area contributed by atoms with E-state index in [4.69, 9.17) is 21.1 Å². The molecular formula is C16H12BrClO3. The van der Waals surface area contributed by atoms with Gasteiger partial charge in [-0.3, -0.25) is 4.79 Å². The summed E-state index contributed by atoms with van der Waals surface area (Å²) in [5.74, 6) is 1.23. The highest BCUT2D eigenvalue weighted by atomic mass is 79.9.